The smallest absolute Gasteiger partial charge is 0.338 e. The Kier molecular flexibility index (Phi) is 5.03. The molecule has 2 fully saturated rings. The van der Waals surface area contributed by atoms with E-state index < -0.39 is 53.3 Å². The first-order valence-corrected chi connectivity index (χ1v) is 10.0. The van der Waals surface area contributed by atoms with Crippen LogP contribution >= 0.6 is 0 Å². The minimum atomic E-state index is -0.938. The summed E-state index contributed by atoms with van der Waals surface area (Å²) in [5, 5.41) is 9.99. The van der Waals surface area contributed by atoms with Crippen LogP contribution in [0.4, 0.5) is 0 Å². The predicted octanol–water partition coefficient (Wildman–Crippen LogP) is 0.587. The second-order valence-corrected chi connectivity index (χ2v) is 8.67. The number of aliphatic hydroxyl groups excluding tert-OH is 1. The zero-order valence-electron chi connectivity index (χ0n) is 17.4. The van der Waals surface area contributed by atoms with E-state index in [9.17, 15) is 19.5 Å². The molecule has 9 heteroatoms. The molecular formula is C21H26O9. The molecule has 4 rings (SSSR count). The molecule has 30 heavy (non-hydrogen) atoms. The number of carbonyl (C=O) groups excluding carboxylic acids is 3. The second-order valence-electron chi connectivity index (χ2n) is 8.67. The lowest BCUT2D eigenvalue weighted by atomic mass is 9.85. The van der Waals surface area contributed by atoms with Crippen LogP contribution in [0.25, 0.3) is 0 Å². The lowest BCUT2D eigenvalue weighted by molar-refractivity contribution is -0.152. The highest BCUT2D eigenvalue weighted by Crippen LogP contribution is 2.51. The van der Waals surface area contributed by atoms with Gasteiger partial charge in [-0.2, -0.15) is 0 Å². The average Bonchev–Trinajstić information content (AvgIpc) is 3.52. The molecule has 1 aliphatic carbocycles. The minimum absolute atomic E-state index is 0.129. The third-order valence-corrected chi connectivity index (χ3v) is 6.02. The number of epoxide rings is 2. The highest BCUT2D eigenvalue weighted by molar-refractivity contribution is 5.93. The Hall–Kier alpha value is -2.23. The van der Waals surface area contributed by atoms with Crippen LogP contribution in [0.5, 0.6) is 0 Å². The van der Waals surface area contributed by atoms with Crippen molar-refractivity contribution in [1.82, 2.24) is 0 Å². The monoisotopic (exact) mass is 422 g/mol. The van der Waals surface area contributed by atoms with Crippen LogP contribution in [0.1, 0.15) is 34.1 Å². The number of fused-ring (bicyclic) bond motifs is 4. The molecule has 0 amide bonds. The van der Waals surface area contributed by atoms with E-state index in [-0.39, 0.29) is 31.3 Å². The van der Waals surface area contributed by atoms with Crippen molar-refractivity contribution in [3.63, 3.8) is 0 Å². The largest absolute Gasteiger partial charge is 0.461 e. The summed E-state index contributed by atoms with van der Waals surface area (Å²) >= 11 is 0. The van der Waals surface area contributed by atoms with Crippen LogP contribution in [0.15, 0.2) is 23.3 Å². The zero-order chi connectivity index (χ0) is 21.8. The van der Waals surface area contributed by atoms with Gasteiger partial charge in [-0.25, -0.2) is 4.79 Å². The van der Waals surface area contributed by atoms with Gasteiger partial charge in [0.2, 0.25) is 0 Å². The summed E-state index contributed by atoms with van der Waals surface area (Å²) in [4.78, 5) is 36.5. The molecule has 0 radical (unpaired) electrons. The van der Waals surface area contributed by atoms with Crippen molar-refractivity contribution in [3.8, 4) is 0 Å². The third kappa shape index (κ3) is 3.55. The van der Waals surface area contributed by atoms with Gasteiger partial charge in [-0.15, -0.1) is 0 Å². The fraction of sp³-hybridized carbons (Fsp3) is 0.667. The molecule has 1 N–H and O–H groups in total. The van der Waals surface area contributed by atoms with Crippen molar-refractivity contribution in [1.29, 1.82) is 0 Å². The Balaban J connectivity index is 1.78. The van der Waals surface area contributed by atoms with Gasteiger partial charge in [0.1, 0.15) is 36.1 Å². The van der Waals surface area contributed by atoms with E-state index in [1.54, 1.807) is 13.8 Å². The maximum atomic E-state index is 12.7. The minimum Gasteiger partial charge on any atom is -0.461 e. The molecule has 3 aliphatic heterocycles. The molecule has 164 valence electrons. The summed E-state index contributed by atoms with van der Waals surface area (Å²) in [7, 11) is 0. The van der Waals surface area contributed by atoms with Crippen molar-refractivity contribution in [2.75, 3.05) is 13.2 Å². The van der Waals surface area contributed by atoms with Crippen molar-refractivity contribution in [2.24, 2.45) is 5.92 Å². The van der Waals surface area contributed by atoms with Gasteiger partial charge in [-0.3, -0.25) is 9.59 Å². The normalized spacial score (nSPS) is 38.9. The summed E-state index contributed by atoms with van der Waals surface area (Å²) in [6.07, 6.45) is 1.26. The van der Waals surface area contributed by atoms with Gasteiger partial charge in [0.05, 0.1) is 18.1 Å². The summed E-state index contributed by atoms with van der Waals surface area (Å²) in [5.74, 6) is -2.07. The Bertz CT molecular complexity index is 843. The number of ether oxygens (including phenoxy) is 5. The van der Waals surface area contributed by atoms with Gasteiger partial charge in [-0.1, -0.05) is 26.0 Å². The fourth-order valence-corrected chi connectivity index (χ4v) is 4.07. The van der Waals surface area contributed by atoms with Gasteiger partial charge >= 0.3 is 17.9 Å². The Labute approximate surface area is 173 Å². The molecule has 0 aromatic heterocycles. The second kappa shape index (κ2) is 7.18. The highest BCUT2D eigenvalue weighted by atomic mass is 16.7. The maximum absolute atomic E-state index is 12.7. The fourth-order valence-electron chi connectivity index (χ4n) is 4.07. The first kappa shape index (κ1) is 21.0. The highest BCUT2D eigenvalue weighted by Gasteiger charge is 2.64. The van der Waals surface area contributed by atoms with Gasteiger partial charge in [0.15, 0.2) is 6.10 Å². The van der Waals surface area contributed by atoms with Crippen molar-refractivity contribution < 1.29 is 43.2 Å². The number of hydrogen-bond donors (Lipinski definition) is 1. The van der Waals surface area contributed by atoms with Gasteiger partial charge in [0.25, 0.3) is 0 Å². The van der Waals surface area contributed by atoms with E-state index in [2.05, 4.69) is 0 Å². The first-order valence-electron chi connectivity index (χ1n) is 10.0. The molecule has 0 saturated carbocycles. The van der Waals surface area contributed by atoms with E-state index in [0.29, 0.717) is 5.57 Å². The lowest BCUT2D eigenvalue weighted by Gasteiger charge is -2.26. The topological polar surface area (TPSA) is 124 Å². The number of carbonyl (C=O) groups is 3. The zero-order valence-corrected chi connectivity index (χ0v) is 17.4. The predicted molar refractivity (Wildman–Crippen MR) is 100.0 cm³/mol. The van der Waals surface area contributed by atoms with Crippen LogP contribution < -0.4 is 0 Å². The molecule has 0 aromatic rings. The molecular weight excluding hydrogens is 396 g/mol. The van der Waals surface area contributed by atoms with E-state index in [0.717, 1.165) is 0 Å². The van der Waals surface area contributed by atoms with Crippen LogP contribution in [-0.2, 0) is 38.1 Å². The molecule has 4 aliphatic rings. The van der Waals surface area contributed by atoms with Gasteiger partial charge in [0, 0.05) is 18.9 Å². The third-order valence-electron chi connectivity index (χ3n) is 6.02. The van der Waals surface area contributed by atoms with E-state index in [4.69, 9.17) is 23.7 Å². The molecule has 0 bridgehead atoms. The lowest BCUT2D eigenvalue weighted by Crippen LogP contribution is -2.38. The average molecular weight is 422 g/mol. The Morgan fingerprint density at radius 2 is 2.07 bits per heavy atom. The molecule has 9 nitrogen and oxygen atoms in total. The standard InChI is InChI=1S/C21H26O9/c1-10(2)18(24)27-13-7-21(9-22)14(29-21)5-6-20(4)17(30-20)16-15(13)12(19(25)28-16)8-26-11(3)23/h5-6,10,13-14,16-17,22H,7-9H2,1-4H3/t13?,14-,16+,17-,20-,21+/m1/s1. The van der Waals surface area contributed by atoms with Gasteiger partial charge < -0.3 is 28.8 Å². The summed E-state index contributed by atoms with van der Waals surface area (Å²) in [5.41, 5.74) is -1.10. The number of rotatable bonds is 5. The summed E-state index contributed by atoms with van der Waals surface area (Å²) in [6.45, 7) is 5.90. The summed E-state index contributed by atoms with van der Waals surface area (Å²) in [6, 6.07) is 0. The quantitative estimate of drug-likeness (QED) is 0.293. The molecule has 6 atom stereocenters. The molecule has 3 heterocycles. The maximum Gasteiger partial charge on any atom is 0.338 e. The number of aliphatic hydroxyl groups is 1. The van der Waals surface area contributed by atoms with E-state index >= 15 is 0 Å². The molecule has 1 unspecified atom stereocenters. The Morgan fingerprint density at radius 1 is 1.33 bits per heavy atom. The molecule has 0 aromatic carbocycles. The number of hydrogen-bond acceptors (Lipinski definition) is 9. The van der Waals surface area contributed by atoms with Crippen molar-refractivity contribution in [3.05, 3.63) is 23.3 Å². The van der Waals surface area contributed by atoms with Gasteiger partial charge in [-0.05, 0) is 6.92 Å². The van der Waals surface area contributed by atoms with Crippen molar-refractivity contribution in [2.45, 2.75) is 69.7 Å². The molecule has 2 saturated heterocycles. The SMILES string of the molecule is CC(=O)OCC1=C2C(OC(=O)C(C)C)C[C@@]3(CO)O[C@@H]3C=C[C@@]3(C)O[C@@H]3[C@H]2OC1=O. The van der Waals surface area contributed by atoms with Crippen molar-refractivity contribution >= 4 is 17.9 Å². The van der Waals surface area contributed by atoms with Crippen LogP contribution in [0, 0.1) is 5.92 Å². The summed E-state index contributed by atoms with van der Waals surface area (Å²) < 4.78 is 28.0. The van der Waals surface area contributed by atoms with E-state index in [1.807, 2.05) is 19.1 Å². The number of esters is 3. The van der Waals surface area contributed by atoms with Crippen LogP contribution in [0.3, 0.4) is 0 Å². The van der Waals surface area contributed by atoms with E-state index in [1.165, 1.54) is 6.92 Å². The van der Waals surface area contributed by atoms with Crippen LogP contribution in [-0.4, -0.2) is 71.8 Å². The molecule has 0 spiro atoms. The first-order chi connectivity index (χ1) is 14.1. The Morgan fingerprint density at radius 3 is 2.70 bits per heavy atom. The van der Waals surface area contributed by atoms with Crippen LogP contribution in [0.2, 0.25) is 0 Å².